The van der Waals surface area contributed by atoms with Crippen LogP contribution >= 0.6 is 0 Å². The summed E-state index contributed by atoms with van der Waals surface area (Å²) in [5, 5.41) is 13.3. The van der Waals surface area contributed by atoms with Gasteiger partial charge in [0.1, 0.15) is 11.6 Å². The summed E-state index contributed by atoms with van der Waals surface area (Å²) >= 11 is 0. The summed E-state index contributed by atoms with van der Waals surface area (Å²) in [6, 6.07) is 2.16. The second-order valence-electron chi connectivity index (χ2n) is 4.99. The number of allylic oxidation sites excluding steroid dienone is 2. The molecule has 4 heteroatoms. The molecule has 2 atom stereocenters. The average molecular weight is 245 g/mol. The topological polar surface area (TPSA) is 50.8 Å². The van der Waals surface area contributed by atoms with Gasteiger partial charge < -0.3 is 4.74 Å². The molecule has 4 nitrogen and oxygen atoms in total. The Kier molecular flexibility index (Phi) is 3.71. The van der Waals surface area contributed by atoms with Crippen molar-refractivity contribution in [2.24, 2.45) is 18.9 Å². The van der Waals surface area contributed by atoms with Crippen LogP contribution < -0.4 is 4.74 Å². The summed E-state index contributed by atoms with van der Waals surface area (Å²) in [7, 11) is 1.81. The molecule has 1 heterocycles. The van der Waals surface area contributed by atoms with E-state index in [0.29, 0.717) is 29.9 Å². The lowest BCUT2D eigenvalue weighted by molar-refractivity contribution is 0.186. The minimum atomic E-state index is 0.525. The van der Waals surface area contributed by atoms with Crippen LogP contribution in [-0.2, 0) is 7.05 Å². The zero-order chi connectivity index (χ0) is 13.1. The van der Waals surface area contributed by atoms with Crippen LogP contribution in [0.15, 0.2) is 12.2 Å². The van der Waals surface area contributed by atoms with Crippen molar-refractivity contribution in [1.82, 2.24) is 9.78 Å². The second-order valence-corrected chi connectivity index (χ2v) is 4.99. The van der Waals surface area contributed by atoms with E-state index in [0.717, 1.165) is 18.5 Å². The molecule has 0 aromatic carbocycles. The van der Waals surface area contributed by atoms with Crippen molar-refractivity contribution >= 4 is 0 Å². The van der Waals surface area contributed by atoms with Crippen LogP contribution in [-0.4, -0.2) is 16.4 Å². The fourth-order valence-electron chi connectivity index (χ4n) is 2.36. The Balaban J connectivity index is 2.07. The van der Waals surface area contributed by atoms with Gasteiger partial charge in [-0.25, -0.2) is 4.68 Å². The predicted molar refractivity (Wildman–Crippen MR) is 69.2 cm³/mol. The van der Waals surface area contributed by atoms with Crippen molar-refractivity contribution in [2.75, 3.05) is 6.61 Å². The van der Waals surface area contributed by atoms with Gasteiger partial charge in [0.15, 0.2) is 0 Å². The van der Waals surface area contributed by atoms with Crippen molar-refractivity contribution in [3.8, 4) is 11.9 Å². The lowest BCUT2D eigenvalue weighted by Crippen LogP contribution is -2.22. The van der Waals surface area contributed by atoms with Gasteiger partial charge in [-0.2, -0.15) is 10.4 Å². The normalized spacial score (nSPS) is 22.8. The maximum absolute atomic E-state index is 9.11. The Hall–Kier alpha value is -1.76. The first-order valence-corrected chi connectivity index (χ1v) is 6.35. The molecule has 0 saturated heterocycles. The van der Waals surface area contributed by atoms with Crippen molar-refractivity contribution in [3.05, 3.63) is 23.4 Å². The summed E-state index contributed by atoms with van der Waals surface area (Å²) in [6.07, 6.45) is 6.62. The van der Waals surface area contributed by atoms with Gasteiger partial charge in [-0.1, -0.05) is 19.1 Å². The summed E-state index contributed by atoms with van der Waals surface area (Å²) in [6.45, 7) is 4.73. The number of aromatic nitrogens is 2. The third kappa shape index (κ3) is 2.40. The minimum absolute atomic E-state index is 0.525. The predicted octanol–water partition coefficient (Wildman–Crippen LogP) is 2.58. The van der Waals surface area contributed by atoms with Crippen LogP contribution in [0.2, 0.25) is 0 Å². The molecule has 18 heavy (non-hydrogen) atoms. The first-order valence-electron chi connectivity index (χ1n) is 6.35. The first kappa shape index (κ1) is 12.7. The molecule has 2 unspecified atom stereocenters. The molecule has 0 radical (unpaired) electrons. The molecule has 1 aliphatic rings. The molecule has 0 N–H and O–H groups in total. The van der Waals surface area contributed by atoms with E-state index >= 15 is 0 Å². The van der Waals surface area contributed by atoms with Crippen molar-refractivity contribution in [2.45, 2.75) is 26.7 Å². The minimum Gasteiger partial charge on any atom is -0.477 e. The molecule has 1 aromatic heterocycles. The highest BCUT2D eigenvalue weighted by Gasteiger charge is 2.21. The van der Waals surface area contributed by atoms with Crippen LogP contribution in [0.3, 0.4) is 0 Å². The number of aryl methyl sites for hydroxylation is 2. The van der Waals surface area contributed by atoms with Gasteiger partial charge in [0.25, 0.3) is 0 Å². The maximum atomic E-state index is 9.11. The Morgan fingerprint density at radius 3 is 2.89 bits per heavy atom. The highest BCUT2D eigenvalue weighted by Crippen LogP contribution is 2.27. The SMILES string of the molecule is Cc1nn(C)c(OCC2CC=CCC2C)c1C#N. The van der Waals surface area contributed by atoms with Gasteiger partial charge in [-0.05, 0) is 31.6 Å². The third-order valence-electron chi connectivity index (χ3n) is 3.63. The zero-order valence-corrected chi connectivity index (χ0v) is 11.2. The molecule has 0 bridgehead atoms. The second kappa shape index (κ2) is 5.26. The van der Waals surface area contributed by atoms with E-state index in [1.165, 1.54) is 0 Å². The Morgan fingerprint density at radius 2 is 2.22 bits per heavy atom. The van der Waals surface area contributed by atoms with Gasteiger partial charge >= 0.3 is 0 Å². The fraction of sp³-hybridized carbons (Fsp3) is 0.571. The van der Waals surface area contributed by atoms with Crippen molar-refractivity contribution < 1.29 is 4.74 Å². The smallest absolute Gasteiger partial charge is 0.230 e. The number of rotatable bonds is 3. The van der Waals surface area contributed by atoms with Crippen LogP contribution in [0.1, 0.15) is 31.0 Å². The van der Waals surface area contributed by atoms with E-state index < -0.39 is 0 Å². The standard InChI is InChI=1S/C14H19N3O/c1-10-6-4-5-7-12(10)9-18-14-13(8-15)11(2)16-17(14)3/h4-5,10,12H,6-7,9H2,1-3H3. The molecule has 2 rings (SSSR count). The largest absolute Gasteiger partial charge is 0.477 e. The van der Waals surface area contributed by atoms with E-state index in [-0.39, 0.29) is 0 Å². The van der Waals surface area contributed by atoms with E-state index in [2.05, 4.69) is 30.2 Å². The van der Waals surface area contributed by atoms with E-state index in [1.54, 1.807) is 4.68 Å². The lowest BCUT2D eigenvalue weighted by atomic mass is 9.85. The van der Waals surface area contributed by atoms with Crippen molar-refractivity contribution in [1.29, 1.82) is 5.26 Å². The monoisotopic (exact) mass is 245 g/mol. The molecule has 0 saturated carbocycles. The van der Waals surface area contributed by atoms with Gasteiger partial charge in [0.2, 0.25) is 5.88 Å². The van der Waals surface area contributed by atoms with Gasteiger partial charge in [-0.15, -0.1) is 0 Å². The first-order chi connectivity index (χ1) is 8.63. The molecule has 0 spiro atoms. The van der Waals surface area contributed by atoms with E-state index in [4.69, 9.17) is 10.00 Å². The summed E-state index contributed by atoms with van der Waals surface area (Å²) in [4.78, 5) is 0. The number of ether oxygens (including phenoxy) is 1. The van der Waals surface area contributed by atoms with Gasteiger partial charge in [0.05, 0.1) is 12.3 Å². The molecule has 1 aliphatic carbocycles. The molecular weight excluding hydrogens is 226 g/mol. The summed E-state index contributed by atoms with van der Waals surface area (Å²) < 4.78 is 7.48. The maximum Gasteiger partial charge on any atom is 0.230 e. The molecule has 0 amide bonds. The number of hydrogen-bond acceptors (Lipinski definition) is 3. The average Bonchev–Trinajstić information content (AvgIpc) is 2.62. The van der Waals surface area contributed by atoms with Crippen LogP contribution in [0.25, 0.3) is 0 Å². The van der Waals surface area contributed by atoms with Gasteiger partial charge in [0, 0.05) is 7.05 Å². The van der Waals surface area contributed by atoms with Gasteiger partial charge in [-0.3, -0.25) is 0 Å². The molecule has 1 aromatic rings. The molecular formula is C14H19N3O. The Labute approximate surface area is 108 Å². The fourth-order valence-corrected chi connectivity index (χ4v) is 2.36. The molecule has 96 valence electrons. The summed E-state index contributed by atoms with van der Waals surface area (Å²) in [5.74, 6) is 1.75. The Bertz CT molecular complexity index is 496. The molecule has 0 fully saturated rings. The van der Waals surface area contributed by atoms with Crippen LogP contribution in [0.4, 0.5) is 0 Å². The summed E-state index contributed by atoms with van der Waals surface area (Å²) in [5.41, 5.74) is 1.28. The quantitative estimate of drug-likeness (QED) is 0.769. The van der Waals surface area contributed by atoms with Crippen molar-refractivity contribution in [3.63, 3.8) is 0 Å². The molecule has 0 aliphatic heterocycles. The number of hydrogen-bond donors (Lipinski definition) is 0. The van der Waals surface area contributed by atoms with Crippen LogP contribution in [0.5, 0.6) is 5.88 Å². The van der Waals surface area contributed by atoms with E-state index in [1.807, 2.05) is 14.0 Å². The van der Waals surface area contributed by atoms with Crippen LogP contribution in [0, 0.1) is 30.1 Å². The number of nitrogens with zero attached hydrogens (tertiary/aromatic N) is 3. The zero-order valence-electron chi connectivity index (χ0n) is 11.2. The number of nitriles is 1. The lowest BCUT2D eigenvalue weighted by Gasteiger charge is -2.25. The Morgan fingerprint density at radius 1 is 1.50 bits per heavy atom. The highest BCUT2D eigenvalue weighted by molar-refractivity contribution is 5.41. The third-order valence-corrected chi connectivity index (χ3v) is 3.63. The highest BCUT2D eigenvalue weighted by atomic mass is 16.5. The van der Waals surface area contributed by atoms with E-state index in [9.17, 15) is 0 Å².